The second-order valence-corrected chi connectivity index (χ2v) is 6.85. The van der Waals surface area contributed by atoms with Crippen LogP contribution in [-0.2, 0) is 10.2 Å². The predicted octanol–water partition coefficient (Wildman–Crippen LogP) is 4.56. The number of carbonyl (C=O) groups is 1. The highest BCUT2D eigenvalue weighted by Crippen LogP contribution is 2.49. The first-order valence-corrected chi connectivity index (χ1v) is 8.94. The zero-order valence-corrected chi connectivity index (χ0v) is 14.6. The third-order valence-electron chi connectivity index (χ3n) is 5.14. The number of benzene rings is 2. The lowest BCUT2D eigenvalue weighted by molar-refractivity contribution is -0.118. The van der Waals surface area contributed by atoms with Gasteiger partial charge in [0.2, 0.25) is 5.91 Å². The second kappa shape index (κ2) is 6.06. The quantitative estimate of drug-likeness (QED) is 0.583. The average molecular weight is 355 g/mol. The molecule has 2 heterocycles. The highest BCUT2D eigenvalue weighted by Gasteiger charge is 2.54. The number of aromatic nitrogens is 2. The molecule has 2 aromatic heterocycles. The largest absolute Gasteiger partial charge is 0.356 e. The fraction of sp³-hybridized carbons (Fsp3) is 0.136. The fourth-order valence-corrected chi connectivity index (χ4v) is 3.42. The molecule has 2 aromatic carbocycles. The first-order chi connectivity index (χ1) is 13.3. The molecule has 1 amide bonds. The Hall–Kier alpha value is -3.47. The third kappa shape index (κ3) is 2.68. The number of nitrogens with one attached hydrogen (secondary N) is 1. The van der Waals surface area contributed by atoms with E-state index in [1.54, 1.807) is 6.20 Å². The summed E-state index contributed by atoms with van der Waals surface area (Å²) in [5.41, 5.74) is 2.65. The Bertz CT molecular complexity index is 1130. The normalized spacial score (nSPS) is 14.8. The molecule has 0 radical (unpaired) electrons. The lowest BCUT2D eigenvalue weighted by atomic mass is 10.00. The van der Waals surface area contributed by atoms with Gasteiger partial charge in [-0.15, -0.1) is 0 Å². The Morgan fingerprint density at radius 2 is 1.85 bits per heavy atom. The summed E-state index contributed by atoms with van der Waals surface area (Å²) in [6.07, 6.45) is 3.28. The van der Waals surface area contributed by atoms with Crippen molar-refractivity contribution in [3.05, 3.63) is 78.6 Å². The van der Waals surface area contributed by atoms with Crippen molar-refractivity contribution in [3.8, 4) is 11.3 Å². The standard InChI is InChI=1S/C22H17N3O2/c26-21(24-18-10-4-9-17-16(18)8-5-13-23-17)22(11-12-22)20-14-19(27-25-20)15-6-2-1-3-7-15/h1-10,13-14H,11-12H2,(H,24,26). The minimum atomic E-state index is -0.610. The van der Waals surface area contributed by atoms with Gasteiger partial charge in [-0.05, 0) is 37.1 Å². The van der Waals surface area contributed by atoms with E-state index in [-0.39, 0.29) is 5.91 Å². The van der Waals surface area contributed by atoms with Crippen LogP contribution in [0.3, 0.4) is 0 Å². The monoisotopic (exact) mass is 355 g/mol. The number of amides is 1. The molecule has 5 rings (SSSR count). The summed E-state index contributed by atoms with van der Waals surface area (Å²) in [5, 5.41) is 8.20. The Morgan fingerprint density at radius 3 is 2.67 bits per heavy atom. The van der Waals surface area contributed by atoms with Crippen LogP contribution in [0.2, 0.25) is 0 Å². The van der Waals surface area contributed by atoms with Crippen molar-refractivity contribution >= 4 is 22.5 Å². The van der Waals surface area contributed by atoms with Crippen molar-refractivity contribution in [1.82, 2.24) is 10.1 Å². The third-order valence-corrected chi connectivity index (χ3v) is 5.14. The summed E-state index contributed by atoms with van der Waals surface area (Å²) < 4.78 is 5.51. The molecule has 4 aromatic rings. The Kier molecular flexibility index (Phi) is 3.53. The van der Waals surface area contributed by atoms with E-state index in [1.807, 2.05) is 66.7 Å². The molecule has 0 bridgehead atoms. The molecule has 132 valence electrons. The molecule has 0 spiro atoms. The van der Waals surface area contributed by atoms with Gasteiger partial charge < -0.3 is 9.84 Å². The summed E-state index contributed by atoms with van der Waals surface area (Å²) in [6, 6.07) is 21.2. The van der Waals surface area contributed by atoms with E-state index in [4.69, 9.17) is 4.52 Å². The molecule has 1 fully saturated rings. The molecule has 0 saturated heterocycles. The number of carbonyl (C=O) groups excluding carboxylic acids is 1. The zero-order chi connectivity index (χ0) is 18.3. The summed E-state index contributed by atoms with van der Waals surface area (Å²) in [7, 11) is 0. The lowest BCUT2D eigenvalue weighted by Crippen LogP contribution is -2.28. The van der Waals surface area contributed by atoms with Gasteiger partial charge in [0.05, 0.1) is 22.3 Å². The van der Waals surface area contributed by atoms with E-state index < -0.39 is 5.41 Å². The summed E-state index contributed by atoms with van der Waals surface area (Å²) in [5.74, 6) is 0.630. The molecule has 0 unspecified atom stereocenters. The molecule has 1 saturated carbocycles. The molecule has 5 nitrogen and oxygen atoms in total. The zero-order valence-electron chi connectivity index (χ0n) is 14.6. The van der Waals surface area contributed by atoms with Crippen molar-refractivity contribution in [2.24, 2.45) is 0 Å². The first kappa shape index (κ1) is 15.8. The molecule has 5 heteroatoms. The van der Waals surface area contributed by atoms with Gasteiger partial charge in [-0.2, -0.15) is 0 Å². The SMILES string of the molecule is O=C(Nc1cccc2ncccc12)C1(c2cc(-c3ccccc3)on2)CC1. The van der Waals surface area contributed by atoms with Crippen molar-refractivity contribution in [2.75, 3.05) is 5.32 Å². The van der Waals surface area contributed by atoms with Crippen molar-refractivity contribution < 1.29 is 9.32 Å². The van der Waals surface area contributed by atoms with E-state index in [0.717, 1.165) is 35.0 Å². The average Bonchev–Trinajstić information content (AvgIpc) is 3.39. The number of pyridine rings is 1. The van der Waals surface area contributed by atoms with Gasteiger partial charge in [0, 0.05) is 23.2 Å². The van der Waals surface area contributed by atoms with Gasteiger partial charge >= 0.3 is 0 Å². The number of fused-ring (bicyclic) bond motifs is 1. The van der Waals surface area contributed by atoms with Crippen molar-refractivity contribution in [2.45, 2.75) is 18.3 Å². The van der Waals surface area contributed by atoms with E-state index in [9.17, 15) is 4.79 Å². The minimum absolute atomic E-state index is 0.0493. The molecule has 1 aliphatic carbocycles. The van der Waals surface area contributed by atoms with Crippen LogP contribution < -0.4 is 5.32 Å². The highest BCUT2D eigenvalue weighted by atomic mass is 16.5. The van der Waals surface area contributed by atoms with Crippen molar-refractivity contribution in [3.63, 3.8) is 0 Å². The molecule has 0 atom stereocenters. The van der Waals surface area contributed by atoms with Crippen LogP contribution in [0.5, 0.6) is 0 Å². The Balaban J connectivity index is 1.44. The van der Waals surface area contributed by atoms with E-state index >= 15 is 0 Å². The minimum Gasteiger partial charge on any atom is -0.356 e. The molecule has 0 aliphatic heterocycles. The molecular formula is C22H17N3O2. The van der Waals surface area contributed by atoms with Gasteiger partial charge in [-0.3, -0.25) is 9.78 Å². The summed E-state index contributed by atoms with van der Waals surface area (Å²) >= 11 is 0. The smallest absolute Gasteiger partial charge is 0.236 e. The van der Waals surface area contributed by atoms with E-state index in [2.05, 4.69) is 15.5 Å². The Labute approximate surface area is 156 Å². The highest BCUT2D eigenvalue weighted by molar-refractivity contribution is 6.06. The number of hydrogen-bond acceptors (Lipinski definition) is 4. The van der Waals surface area contributed by atoms with Crippen LogP contribution in [0.1, 0.15) is 18.5 Å². The van der Waals surface area contributed by atoms with Crippen molar-refractivity contribution in [1.29, 1.82) is 0 Å². The maximum atomic E-state index is 13.1. The Morgan fingerprint density at radius 1 is 1.00 bits per heavy atom. The fourth-order valence-electron chi connectivity index (χ4n) is 3.42. The summed E-state index contributed by atoms with van der Waals surface area (Å²) in [4.78, 5) is 17.4. The van der Waals surface area contributed by atoms with Gasteiger partial charge in [0.1, 0.15) is 0 Å². The molecular weight excluding hydrogens is 338 g/mol. The lowest BCUT2D eigenvalue weighted by Gasteiger charge is -2.14. The van der Waals surface area contributed by atoms with Gasteiger partial charge in [-0.1, -0.05) is 41.6 Å². The predicted molar refractivity (Wildman–Crippen MR) is 103 cm³/mol. The van der Waals surface area contributed by atoms with Crippen LogP contribution in [0, 0.1) is 0 Å². The molecule has 1 N–H and O–H groups in total. The second-order valence-electron chi connectivity index (χ2n) is 6.85. The van der Waals surface area contributed by atoms with Gasteiger partial charge in [0.25, 0.3) is 0 Å². The van der Waals surface area contributed by atoms with E-state index in [1.165, 1.54) is 0 Å². The summed E-state index contributed by atoms with van der Waals surface area (Å²) in [6.45, 7) is 0. The van der Waals surface area contributed by atoms with Crippen LogP contribution >= 0.6 is 0 Å². The van der Waals surface area contributed by atoms with Crippen LogP contribution in [-0.4, -0.2) is 16.0 Å². The molecule has 1 aliphatic rings. The number of anilines is 1. The van der Waals surface area contributed by atoms with Crippen LogP contribution in [0.15, 0.2) is 77.4 Å². The van der Waals surface area contributed by atoms with E-state index in [0.29, 0.717) is 11.5 Å². The maximum Gasteiger partial charge on any atom is 0.236 e. The van der Waals surface area contributed by atoms with Gasteiger partial charge in [0.15, 0.2) is 5.76 Å². The number of rotatable bonds is 4. The molecule has 27 heavy (non-hydrogen) atoms. The van der Waals surface area contributed by atoms with Gasteiger partial charge in [-0.25, -0.2) is 0 Å². The number of hydrogen-bond donors (Lipinski definition) is 1. The number of nitrogens with zero attached hydrogens (tertiary/aromatic N) is 2. The van der Waals surface area contributed by atoms with Crippen LogP contribution in [0.25, 0.3) is 22.2 Å². The topological polar surface area (TPSA) is 68.0 Å². The first-order valence-electron chi connectivity index (χ1n) is 8.94. The van der Waals surface area contributed by atoms with Crippen LogP contribution in [0.4, 0.5) is 5.69 Å². The maximum absolute atomic E-state index is 13.1.